The Kier molecular flexibility index (Phi) is 6.97. The third-order valence-corrected chi connectivity index (χ3v) is 3.51. The Bertz CT molecular complexity index is 712. The molecule has 0 fully saturated rings. The normalized spacial score (nSPS) is 11.1. The van der Waals surface area contributed by atoms with E-state index in [-0.39, 0.29) is 18.1 Å². The smallest absolute Gasteiger partial charge is 0.258 e. The third kappa shape index (κ3) is 6.37. The van der Waals surface area contributed by atoms with Crippen LogP contribution in [0.4, 0.5) is 0 Å². The van der Waals surface area contributed by atoms with Crippen molar-refractivity contribution >= 4 is 5.91 Å². The van der Waals surface area contributed by atoms with E-state index in [9.17, 15) is 4.79 Å². The molecule has 0 bridgehead atoms. The maximum absolute atomic E-state index is 12.0. The van der Waals surface area contributed by atoms with Gasteiger partial charge in [-0.25, -0.2) is 0 Å². The minimum atomic E-state index is -0.296. The van der Waals surface area contributed by atoms with Crippen LogP contribution in [0.15, 0.2) is 42.7 Å². The highest BCUT2D eigenvalue weighted by Crippen LogP contribution is 2.31. The van der Waals surface area contributed by atoms with Gasteiger partial charge in [0.1, 0.15) is 0 Å². The van der Waals surface area contributed by atoms with Crippen molar-refractivity contribution in [2.75, 3.05) is 13.7 Å². The molecular weight excluding hydrogens is 330 g/mol. The van der Waals surface area contributed by atoms with Crippen molar-refractivity contribution in [2.45, 2.75) is 39.4 Å². The molecule has 140 valence electrons. The van der Waals surface area contributed by atoms with Crippen LogP contribution in [0.3, 0.4) is 0 Å². The lowest BCUT2D eigenvalue weighted by Gasteiger charge is -2.21. The van der Waals surface area contributed by atoms with Gasteiger partial charge < -0.3 is 20.1 Å². The summed E-state index contributed by atoms with van der Waals surface area (Å²) in [5, 5.41) is 6.24. The quantitative estimate of drug-likeness (QED) is 0.760. The van der Waals surface area contributed by atoms with Crippen LogP contribution in [-0.2, 0) is 17.9 Å². The van der Waals surface area contributed by atoms with Gasteiger partial charge in [-0.05, 0) is 38.5 Å². The van der Waals surface area contributed by atoms with Crippen LogP contribution in [0.2, 0.25) is 0 Å². The van der Waals surface area contributed by atoms with Crippen LogP contribution in [0.5, 0.6) is 11.5 Å². The molecule has 0 atom stereocenters. The lowest BCUT2D eigenvalue weighted by atomic mass is 10.1. The summed E-state index contributed by atoms with van der Waals surface area (Å²) in [5.74, 6) is 1.02. The maximum Gasteiger partial charge on any atom is 0.258 e. The molecule has 0 aliphatic carbocycles. The summed E-state index contributed by atoms with van der Waals surface area (Å²) in [4.78, 5) is 16.1. The van der Waals surface area contributed by atoms with E-state index in [0.717, 1.165) is 11.1 Å². The SMILES string of the molecule is COc1cccc(CNCc2cccnc2)c1OCC(=O)NC(C)(C)C. The first kappa shape index (κ1) is 19.7. The number of pyridine rings is 1. The number of para-hydroxylation sites is 1. The summed E-state index contributed by atoms with van der Waals surface area (Å²) in [6, 6.07) is 9.60. The standard InChI is InChI=1S/C20H27N3O3/c1-20(2,3)23-18(24)14-26-19-16(8-5-9-17(19)25-4)13-22-12-15-7-6-10-21-11-15/h5-11,22H,12-14H2,1-4H3,(H,23,24). The summed E-state index contributed by atoms with van der Waals surface area (Å²) in [7, 11) is 1.59. The molecule has 2 N–H and O–H groups in total. The molecule has 0 unspecified atom stereocenters. The average molecular weight is 357 g/mol. The first-order valence-corrected chi connectivity index (χ1v) is 8.58. The van der Waals surface area contributed by atoms with E-state index in [4.69, 9.17) is 9.47 Å². The third-order valence-electron chi connectivity index (χ3n) is 3.51. The highest BCUT2D eigenvalue weighted by molar-refractivity contribution is 5.78. The van der Waals surface area contributed by atoms with Gasteiger partial charge in [-0.1, -0.05) is 18.2 Å². The van der Waals surface area contributed by atoms with Gasteiger partial charge in [0.15, 0.2) is 18.1 Å². The molecule has 6 nitrogen and oxygen atoms in total. The summed E-state index contributed by atoms with van der Waals surface area (Å²) in [6.45, 7) is 7.01. The highest BCUT2D eigenvalue weighted by atomic mass is 16.5. The van der Waals surface area contributed by atoms with Gasteiger partial charge in [0, 0.05) is 36.6 Å². The topological polar surface area (TPSA) is 72.5 Å². The number of amides is 1. The van der Waals surface area contributed by atoms with Crippen LogP contribution in [0.25, 0.3) is 0 Å². The highest BCUT2D eigenvalue weighted by Gasteiger charge is 2.16. The van der Waals surface area contributed by atoms with Gasteiger partial charge in [-0.3, -0.25) is 9.78 Å². The van der Waals surface area contributed by atoms with E-state index in [1.165, 1.54) is 0 Å². The molecule has 2 rings (SSSR count). The molecule has 0 saturated carbocycles. The zero-order chi connectivity index (χ0) is 19.0. The van der Waals surface area contributed by atoms with Crippen LogP contribution < -0.4 is 20.1 Å². The maximum atomic E-state index is 12.0. The molecule has 0 aliphatic rings. The van der Waals surface area contributed by atoms with Crippen molar-refractivity contribution in [1.29, 1.82) is 0 Å². The zero-order valence-electron chi connectivity index (χ0n) is 15.8. The predicted molar refractivity (Wildman–Crippen MR) is 101 cm³/mol. The molecule has 0 radical (unpaired) electrons. The number of carbonyl (C=O) groups is 1. The van der Waals surface area contributed by atoms with Crippen molar-refractivity contribution < 1.29 is 14.3 Å². The Morgan fingerprint density at radius 2 is 1.96 bits per heavy atom. The van der Waals surface area contributed by atoms with Gasteiger partial charge in [0.25, 0.3) is 5.91 Å². The number of nitrogens with one attached hydrogen (secondary N) is 2. The number of hydrogen-bond donors (Lipinski definition) is 2. The number of aromatic nitrogens is 1. The number of benzene rings is 1. The summed E-state index contributed by atoms with van der Waals surface area (Å²) in [6.07, 6.45) is 3.58. The van der Waals surface area contributed by atoms with Gasteiger partial charge >= 0.3 is 0 Å². The number of nitrogens with zero attached hydrogens (tertiary/aromatic N) is 1. The second-order valence-electron chi connectivity index (χ2n) is 7.00. The molecule has 26 heavy (non-hydrogen) atoms. The Hall–Kier alpha value is -2.60. The molecule has 0 saturated heterocycles. The first-order chi connectivity index (χ1) is 12.4. The van der Waals surface area contributed by atoms with E-state index in [1.54, 1.807) is 13.3 Å². The van der Waals surface area contributed by atoms with E-state index in [0.29, 0.717) is 24.6 Å². The van der Waals surface area contributed by atoms with Gasteiger partial charge in [-0.2, -0.15) is 0 Å². The Morgan fingerprint density at radius 1 is 1.15 bits per heavy atom. The average Bonchev–Trinajstić information content (AvgIpc) is 2.59. The van der Waals surface area contributed by atoms with E-state index in [1.807, 2.05) is 57.3 Å². The fourth-order valence-corrected chi connectivity index (χ4v) is 2.46. The molecule has 2 aromatic rings. The van der Waals surface area contributed by atoms with Crippen LogP contribution in [0, 0.1) is 0 Å². The zero-order valence-corrected chi connectivity index (χ0v) is 15.8. The molecule has 1 amide bonds. The van der Waals surface area contributed by atoms with Crippen molar-refractivity contribution in [3.8, 4) is 11.5 Å². The van der Waals surface area contributed by atoms with Crippen molar-refractivity contribution in [3.63, 3.8) is 0 Å². The van der Waals surface area contributed by atoms with Crippen LogP contribution in [0.1, 0.15) is 31.9 Å². The molecule has 1 aromatic carbocycles. The molecule has 0 spiro atoms. The van der Waals surface area contributed by atoms with Crippen molar-refractivity contribution in [3.05, 3.63) is 53.9 Å². The van der Waals surface area contributed by atoms with Crippen molar-refractivity contribution in [1.82, 2.24) is 15.6 Å². The number of methoxy groups -OCH3 is 1. The molecule has 0 aliphatic heterocycles. The number of carbonyl (C=O) groups excluding carboxylic acids is 1. The Labute approximate surface area is 154 Å². The van der Waals surface area contributed by atoms with E-state index >= 15 is 0 Å². The molecule has 1 heterocycles. The fourth-order valence-electron chi connectivity index (χ4n) is 2.46. The minimum absolute atomic E-state index is 0.0623. The number of rotatable bonds is 8. The Morgan fingerprint density at radius 3 is 2.62 bits per heavy atom. The largest absolute Gasteiger partial charge is 0.493 e. The monoisotopic (exact) mass is 357 g/mol. The second-order valence-corrected chi connectivity index (χ2v) is 7.00. The summed E-state index contributed by atoms with van der Waals surface area (Å²) in [5.41, 5.74) is 1.73. The second kappa shape index (κ2) is 9.20. The van der Waals surface area contributed by atoms with Gasteiger partial charge in [0.2, 0.25) is 0 Å². The first-order valence-electron chi connectivity index (χ1n) is 8.58. The van der Waals surface area contributed by atoms with Gasteiger partial charge in [-0.15, -0.1) is 0 Å². The van der Waals surface area contributed by atoms with Crippen LogP contribution >= 0.6 is 0 Å². The predicted octanol–water partition coefficient (Wildman–Crippen LogP) is 2.67. The number of ether oxygens (including phenoxy) is 2. The molecular formula is C20H27N3O3. The van der Waals surface area contributed by atoms with Crippen molar-refractivity contribution in [2.24, 2.45) is 0 Å². The minimum Gasteiger partial charge on any atom is -0.493 e. The van der Waals surface area contributed by atoms with E-state index < -0.39 is 0 Å². The van der Waals surface area contributed by atoms with Gasteiger partial charge in [0.05, 0.1) is 7.11 Å². The molecule has 6 heteroatoms. The lowest BCUT2D eigenvalue weighted by Crippen LogP contribution is -2.43. The number of hydrogen-bond acceptors (Lipinski definition) is 5. The van der Waals surface area contributed by atoms with Crippen LogP contribution in [-0.4, -0.2) is 30.1 Å². The Balaban J connectivity index is 2.01. The summed E-state index contributed by atoms with van der Waals surface area (Å²) < 4.78 is 11.2. The molecule has 1 aromatic heterocycles. The van der Waals surface area contributed by atoms with E-state index in [2.05, 4.69) is 15.6 Å². The fraction of sp³-hybridized carbons (Fsp3) is 0.400. The lowest BCUT2D eigenvalue weighted by molar-refractivity contribution is -0.124. The summed E-state index contributed by atoms with van der Waals surface area (Å²) >= 11 is 0.